The van der Waals surface area contributed by atoms with Gasteiger partial charge in [-0.2, -0.15) is 5.10 Å². The van der Waals surface area contributed by atoms with Gasteiger partial charge in [-0.3, -0.25) is 5.43 Å². The van der Waals surface area contributed by atoms with Crippen molar-refractivity contribution < 1.29 is 0 Å². The van der Waals surface area contributed by atoms with E-state index >= 15 is 0 Å². The quantitative estimate of drug-likeness (QED) is 0.529. The minimum atomic E-state index is 0.977. The van der Waals surface area contributed by atoms with Crippen LogP contribution in [-0.4, -0.2) is 6.21 Å². The molecule has 3 heteroatoms. The van der Waals surface area contributed by atoms with Crippen LogP contribution < -0.4 is 5.43 Å². The molecule has 0 saturated carbocycles. The summed E-state index contributed by atoms with van der Waals surface area (Å²) in [6.07, 6.45) is 1.85. The number of fused-ring (bicyclic) bond motifs is 1. The third-order valence-electron chi connectivity index (χ3n) is 3.07. The first-order valence-corrected chi connectivity index (χ1v) is 7.15. The standard InChI is InChI=1S/C17H13BrN2/c18-17-11-5-9-15-13(6-4-10-16(15)17)12-19-20-14-7-2-1-3-8-14/h1-12,20H. The van der Waals surface area contributed by atoms with Gasteiger partial charge in [-0.05, 0) is 29.0 Å². The van der Waals surface area contributed by atoms with Crippen molar-refractivity contribution in [3.63, 3.8) is 0 Å². The number of para-hydroxylation sites is 1. The van der Waals surface area contributed by atoms with Crippen LogP contribution in [0.1, 0.15) is 5.56 Å². The van der Waals surface area contributed by atoms with Gasteiger partial charge in [0.15, 0.2) is 0 Å². The maximum Gasteiger partial charge on any atom is 0.0561 e. The van der Waals surface area contributed by atoms with Crippen LogP contribution in [0.2, 0.25) is 0 Å². The zero-order chi connectivity index (χ0) is 13.8. The van der Waals surface area contributed by atoms with Gasteiger partial charge in [-0.15, -0.1) is 0 Å². The molecule has 3 aromatic carbocycles. The molecule has 3 rings (SSSR count). The van der Waals surface area contributed by atoms with Gasteiger partial charge in [0.05, 0.1) is 11.9 Å². The van der Waals surface area contributed by atoms with Crippen LogP contribution in [0.5, 0.6) is 0 Å². The van der Waals surface area contributed by atoms with Gasteiger partial charge in [0.25, 0.3) is 0 Å². The van der Waals surface area contributed by atoms with Crippen molar-refractivity contribution in [1.29, 1.82) is 0 Å². The summed E-state index contributed by atoms with van der Waals surface area (Å²) in [5.74, 6) is 0. The zero-order valence-electron chi connectivity index (χ0n) is 10.8. The van der Waals surface area contributed by atoms with Crippen LogP contribution in [0, 0.1) is 0 Å². The molecule has 0 saturated heterocycles. The lowest BCUT2D eigenvalue weighted by Crippen LogP contribution is -1.91. The molecule has 0 bridgehead atoms. The molecule has 0 aromatic heterocycles. The summed E-state index contributed by atoms with van der Waals surface area (Å²) in [5, 5.41) is 6.67. The van der Waals surface area contributed by atoms with E-state index in [1.54, 1.807) is 0 Å². The molecule has 0 amide bonds. The Morgan fingerprint density at radius 3 is 2.40 bits per heavy atom. The van der Waals surface area contributed by atoms with Crippen LogP contribution >= 0.6 is 15.9 Å². The molecule has 0 heterocycles. The summed E-state index contributed by atoms with van der Waals surface area (Å²) in [4.78, 5) is 0. The van der Waals surface area contributed by atoms with Crippen LogP contribution in [0.25, 0.3) is 10.8 Å². The molecule has 0 aliphatic carbocycles. The molecule has 0 aliphatic heterocycles. The molecule has 20 heavy (non-hydrogen) atoms. The van der Waals surface area contributed by atoms with Crippen LogP contribution in [0.3, 0.4) is 0 Å². The molecule has 0 radical (unpaired) electrons. The highest BCUT2D eigenvalue weighted by molar-refractivity contribution is 9.10. The van der Waals surface area contributed by atoms with Gasteiger partial charge >= 0.3 is 0 Å². The highest BCUT2D eigenvalue weighted by Crippen LogP contribution is 2.25. The summed E-state index contributed by atoms with van der Waals surface area (Å²) in [7, 11) is 0. The Labute approximate surface area is 126 Å². The van der Waals surface area contributed by atoms with Crippen molar-refractivity contribution in [2.75, 3.05) is 5.43 Å². The molecule has 0 atom stereocenters. The summed E-state index contributed by atoms with van der Waals surface area (Å²) in [5.41, 5.74) is 5.10. The molecule has 0 spiro atoms. The molecule has 3 aromatic rings. The highest BCUT2D eigenvalue weighted by atomic mass is 79.9. The van der Waals surface area contributed by atoms with Gasteiger partial charge in [-0.25, -0.2) is 0 Å². The Balaban J connectivity index is 1.90. The molecule has 1 N–H and O–H groups in total. The molecule has 0 aliphatic rings. The number of nitrogens with one attached hydrogen (secondary N) is 1. The largest absolute Gasteiger partial charge is 0.279 e. The van der Waals surface area contributed by atoms with Gasteiger partial charge < -0.3 is 0 Å². The lowest BCUT2D eigenvalue weighted by Gasteiger charge is -2.04. The topological polar surface area (TPSA) is 24.4 Å². The number of halogens is 1. The highest BCUT2D eigenvalue weighted by Gasteiger charge is 2.01. The van der Waals surface area contributed by atoms with E-state index in [-0.39, 0.29) is 0 Å². The predicted octanol–water partition coefficient (Wildman–Crippen LogP) is 5.05. The van der Waals surface area contributed by atoms with Gasteiger partial charge in [0.1, 0.15) is 0 Å². The number of nitrogens with zero attached hydrogens (tertiary/aromatic N) is 1. The fourth-order valence-corrected chi connectivity index (χ4v) is 2.60. The van der Waals surface area contributed by atoms with Crippen molar-refractivity contribution >= 4 is 38.6 Å². The smallest absolute Gasteiger partial charge is 0.0561 e. The lowest BCUT2D eigenvalue weighted by atomic mass is 10.1. The van der Waals surface area contributed by atoms with Crippen molar-refractivity contribution in [3.8, 4) is 0 Å². The van der Waals surface area contributed by atoms with Gasteiger partial charge in [0, 0.05) is 10.0 Å². The molecular weight excluding hydrogens is 312 g/mol. The second-order valence-corrected chi connectivity index (χ2v) is 5.27. The third-order valence-corrected chi connectivity index (χ3v) is 3.77. The van der Waals surface area contributed by atoms with Crippen molar-refractivity contribution in [2.45, 2.75) is 0 Å². The molecular formula is C17H13BrN2. The monoisotopic (exact) mass is 324 g/mol. The average molecular weight is 325 g/mol. The number of hydrazone groups is 1. The average Bonchev–Trinajstić information content (AvgIpc) is 2.49. The van der Waals surface area contributed by atoms with Crippen LogP contribution in [-0.2, 0) is 0 Å². The Morgan fingerprint density at radius 2 is 1.55 bits per heavy atom. The van der Waals surface area contributed by atoms with E-state index in [4.69, 9.17) is 0 Å². The SMILES string of the molecule is Brc1cccc2c(C=NNc3ccccc3)cccc12. The molecule has 98 valence electrons. The molecule has 0 fully saturated rings. The van der Waals surface area contributed by atoms with Gasteiger partial charge in [0.2, 0.25) is 0 Å². The van der Waals surface area contributed by atoms with Crippen LogP contribution in [0.4, 0.5) is 5.69 Å². The van der Waals surface area contributed by atoms with E-state index in [1.165, 1.54) is 10.8 Å². The number of hydrogen-bond donors (Lipinski definition) is 1. The van der Waals surface area contributed by atoms with Crippen molar-refractivity contribution in [2.24, 2.45) is 5.10 Å². The van der Waals surface area contributed by atoms with E-state index < -0.39 is 0 Å². The van der Waals surface area contributed by atoms with E-state index in [2.05, 4.69) is 44.7 Å². The van der Waals surface area contributed by atoms with Gasteiger partial charge in [-0.1, -0.05) is 64.5 Å². The number of benzene rings is 3. The van der Waals surface area contributed by atoms with E-state index in [0.717, 1.165) is 15.7 Å². The fourth-order valence-electron chi connectivity index (χ4n) is 2.10. The summed E-state index contributed by atoms with van der Waals surface area (Å²) < 4.78 is 1.10. The summed E-state index contributed by atoms with van der Waals surface area (Å²) >= 11 is 3.58. The maximum atomic E-state index is 4.30. The number of rotatable bonds is 3. The second-order valence-electron chi connectivity index (χ2n) is 4.42. The van der Waals surface area contributed by atoms with E-state index in [1.807, 2.05) is 54.7 Å². The fraction of sp³-hybridized carbons (Fsp3) is 0. The first-order chi connectivity index (χ1) is 9.84. The van der Waals surface area contributed by atoms with Crippen LogP contribution in [0.15, 0.2) is 76.3 Å². The summed E-state index contributed by atoms with van der Waals surface area (Å²) in [6, 6.07) is 22.3. The predicted molar refractivity (Wildman–Crippen MR) is 89.3 cm³/mol. The Morgan fingerprint density at radius 1 is 0.800 bits per heavy atom. The van der Waals surface area contributed by atoms with Crippen molar-refractivity contribution in [3.05, 3.63) is 76.8 Å². The Hall–Kier alpha value is -2.13. The first-order valence-electron chi connectivity index (χ1n) is 6.36. The van der Waals surface area contributed by atoms with E-state index in [9.17, 15) is 0 Å². The third kappa shape index (κ3) is 2.73. The lowest BCUT2D eigenvalue weighted by molar-refractivity contribution is 1.35. The maximum absolute atomic E-state index is 4.30. The normalized spacial score (nSPS) is 11.1. The minimum absolute atomic E-state index is 0.977. The molecule has 2 nitrogen and oxygen atoms in total. The Kier molecular flexibility index (Phi) is 3.79. The number of hydrogen-bond acceptors (Lipinski definition) is 2. The minimum Gasteiger partial charge on any atom is -0.279 e. The first kappa shape index (κ1) is 12.9. The zero-order valence-corrected chi connectivity index (χ0v) is 12.3. The van der Waals surface area contributed by atoms with Crippen molar-refractivity contribution in [1.82, 2.24) is 0 Å². The van der Waals surface area contributed by atoms with E-state index in [0.29, 0.717) is 0 Å². The Bertz CT molecular complexity index is 751. The second kappa shape index (κ2) is 5.88. The number of anilines is 1. The summed E-state index contributed by atoms with van der Waals surface area (Å²) in [6.45, 7) is 0. The molecule has 0 unspecified atom stereocenters.